The average molecular weight is 239 g/mol. The Morgan fingerprint density at radius 1 is 1.50 bits per heavy atom. The van der Waals surface area contributed by atoms with Gasteiger partial charge in [0.1, 0.15) is 10.8 Å². The van der Waals surface area contributed by atoms with Crippen LogP contribution in [-0.4, -0.2) is 23.1 Å². The van der Waals surface area contributed by atoms with Gasteiger partial charge in [-0.25, -0.2) is 4.98 Å². The molecule has 2 heterocycles. The summed E-state index contributed by atoms with van der Waals surface area (Å²) in [4.78, 5) is 15.6. The summed E-state index contributed by atoms with van der Waals surface area (Å²) in [6.45, 7) is 0.640. The van der Waals surface area contributed by atoms with Crippen LogP contribution in [0.4, 0.5) is 0 Å². The molecule has 0 aliphatic carbocycles. The SMILES string of the molecule is COCCc1ccn2c(=O)cc(Cl)nc2c1. The van der Waals surface area contributed by atoms with E-state index in [4.69, 9.17) is 16.3 Å². The Balaban J connectivity index is 2.49. The molecule has 0 amide bonds. The maximum atomic E-state index is 11.5. The first-order valence-electron chi connectivity index (χ1n) is 4.87. The van der Waals surface area contributed by atoms with Crippen LogP contribution in [0.2, 0.25) is 5.15 Å². The van der Waals surface area contributed by atoms with Crippen LogP contribution in [-0.2, 0) is 11.2 Å². The number of hydrogen-bond acceptors (Lipinski definition) is 3. The van der Waals surface area contributed by atoms with Gasteiger partial charge in [-0.1, -0.05) is 11.6 Å². The van der Waals surface area contributed by atoms with Gasteiger partial charge in [0, 0.05) is 19.4 Å². The topological polar surface area (TPSA) is 43.6 Å². The third-order valence-electron chi connectivity index (χ3n) is 2.30. The van der Waals surface area contributed by atoms with Crippen molar-refractivity contribution >= 4 is 17.2 Å². The second kappa shape index (κ2) is 4.63. The van der Waals surface area contributed by atoms with E-state index in [1.54, 1.807) is 13.3 Å². The van der Waals surface area contributed by atoms with Crippen molar-refractivity contribution in [1.82, 2.24) is 9.38 Å². The smallest absolute Gasteiger partial charge is 0.259 e. The summed E-state index contributed by atoms with van der Waals surface area (Å²) >= 11 is 5.73. The number of nitrogens with zero attached hydrogens (tertiary/aromatic N) is 2. The third kappa shape index (κ3) is 2.23. The van der Waals surface area contributed by atoms with Gasteiger partial charge < -0.3 is 4.74 Å². The standard InChI is InChI=1S/C11H11ClN2O2/c1-16-5-3-8-2-4-14-10(6-8)13-9(12)7-11(14)15/h2,4,6-7H,3,5H2,1H3. The highest BCUT2D eigenvalue weighted by atomic mass is 35.5. The molecule has 5 heteroatoms. The fourth-order valence-electron chi connectivity index (χ4n) is 1.49. The lowest BCUT2D eigenvalue weighted by atomic mass is 10.2. The van der Waals surface area contributed by atoms with Crippen molar-refractivity contribution in [3.05, 3.63) is 45.5 Å². The number of methoxy groups -OCH3 is 1. The van der Waals surface area contributed by atoms with Crippen LogP contribution in [0.5, 0.6) is 0 Å². The lowest BCUT2D eigenvalue weighted by Crippen LogP contribution is -2.13. The zero-order chi connectivity index (χ0) is 11.5. The summed E-state index contributed by atoms with van der Waals surface area (Å²) in [7, 11) is 1.65. The summed E-state index contributed by atoms with van der Waals surface area (Å²) in [5, 5.41) is 0.217. The van der Waals surface area contributed by atoms with Crippen molar-refractivity contribution in [2.45, 2.75) is 6.42 Å². The quantitative estimate of drug-likeness (QED) is 0.762. The van der Waals surface area contributed by atoms with Crippen molar-refractivity contribution in [1.29, 1.82) is 0 Å². The molecule has 0 unspecified atom stereocenters. The van der Waals surface area contributed by atoms with E-state index < -0.39 is 0 Å². The predicted octanol–water partition coefficient (Wildman–Crippen LogP) is 1.54. The second-order valence-corrected chi connectivity index (χ2v) is 3.81. The third-order valence-corrected chi connectivity index (χ3v) is 2.49. The van der Waals surface area contributed by atoms with Crippen LogP contribution >= 0.6 is 11.6 Å². The molecule has 0 aliphatic rings. The molecule has 0 spiro atoms. The monoisotopic (exact) mass is 238 g/mol. The minimum absolute atomic E-state index is 0.173. The van der Waals surface area contributed by atoms with E-state index >= 15 is 0 Å². The van der Waals surface area contributed by atoms with Crippen LogP contribution in [0.25, 0.3) is 5.65 Å². The Hall–Kier alpha value is -1.39. The molecular formula is C11H11ClN2O2. The number of hydrogen-bond donors (Lipinski definition) is 0. The molecule has 0 saturated carbocycles. The first-order chi connectivity index (χ1) is 7.70. The van der Waals surface area contributed by atoms with Gasteiger partial charge in [0.05, 0.1) is 6.61 Å². The van der Waals surface area contributed by atoms with Gasteiger partial charge in [0.15, 0.2) is 0 Å². The molecule has 0 aliphatic heterocycles. The van der Waals surface area contributed by atoms with E-state index in [2.05, 4.69) is 4.98 Å². The molecule has 2 aromatic rings. The highest BCUT2D eigenvalue weighted by Gasteiger charge is 2.01. The zero-order valence-corrected chi connectivity index (χ0v) is 9.57. The molecule has 4 nitrogen and oxygen atoms in total. The zero-order valence-electron chi connectivity index (χ0n) is 8.81. The lowest BCUT2D eigenvalue weighted by molar-refractivity contribution is 0.202. The Kier molecular flexibility index (Phi) is 3.22. The molecule has 0 bridgehead atoms. The normalized spacial score (nSPS) is 10.9. The Morgan fingerprint density at radius 3 is 3.06 bits per heavy atom. The van der Waals surface area contributed by atoms with Crippen molar-refractivity contribution in [2.24, 2.45) is 0 Å². The van der Waals surface area contributed by atoms with Crippen molar-refractivity contribution < 1.29 is 4.74 Å². The van der Waals surface area contributed by atoms with Crippen molar-refractivity contribution in [3.63, 3.8) is 0 Å². The summed E-state index contributed by atoms with van der Waals surface area (Å²) in [5.74, 6) is 0. The molecule has 2 rings (SSSR count). The minimum atomic E-state index is -0.173. The summed E-state index contributed by atoms with van der Waals surface area (Å²) in [6, 6.07) is 5.01. The second-order valence-electron chi connectivity index (χ2n) is 3.42. The van der Waals surface area contributed by atoms with E-state index in [-0.39, 0.29) is 10.7 Å². The number of aromatic nitrogens is 2. The van der Waals surface area contributed by atoms with Gasteiger partial charge in [-0.15, -0.1) is 0 Å². The van der Waals surface area contributed by atoms with E-state index in [0.717, 1.165) is 12.0 Å². The molecule has 0 fully saturated rings. The van der Waals surface area contributed by atoms with E-state index in [9.17, 15) is 4.79 Å². The van der Waals surface area contributed by atoms with Gasteiger partial charge in [0.2, 0.25) is 0 Å². The highest BCUT2D eigenvalue weighted by Crippen LogP contribution is 2.07. The number of pyridine rings is 1. The van der Waals surface area contributed by atoms with Crippen molar-refractivity contribution in [3.8, 4) is 0 Å². The van der Waals surface area contributed by atoms with Crippen LogP contribution in [0.1, 0.15) is 5.56 Å². The Bertz CT molecular complexity index is 565. The molecule has 0 N–H and O–H groups in total. The molecule has 0 saturated heterocycles. The minimum Gasteiger partial charge on any atom is -0.384 e. The molecule has 16 heavy (non-hydrogen) atoms. The summed E-state index contributed by atoms with van der Waals surface area (Å²) < 4.78 is 6.45. The van der Waals surface area contributed by atoms with Gasteiger partial charge >= 0.3 is 0 Å². The van der Waals surface area contributed by atoms with E-state index in [0.29, 0.717) is 12.3 Å². The molecule has 0 atom stereocenters. The van der Waals surface area contributed by atoms with Crippen LogP contribution < -0.4 is 5.56 Å². The van der Waals surface area contributed by atoms with Gasteiger partial charge in [-0.3, -0.25) is 9.20 Å². The fraction of sp³-hybridized carbons (Fsp3) is 0.273. The van der Waals surface area contributed by atoms with Gasteiger partial charge in [-0.05, 0) is 24.1 Å². The molecule has 84 valence electrons. The number of rotatable bonds is 3. The highest BCUT2D eigenvalue weighted by molar-refractivity contribution is 6.29. The maximum Gasteiger partial charge on any atom is 0.259 e. The van der Waals surface area contributed by atoms with Gasteiger partial charge in [-0.2, -0.15) is 0 Å². The van der Waals surface area contributed by atoms with Crippen LogP contribution in [0.15, 0.2) is 29.2 Å². The largest absolute Gasteiger partial charge is 0.384 e. The lowest BCUT2D eigenvalue weighted by Gasteiger charge is -2.04. The first kappa shape index (κ1) is 11.1. The number of fused-ring (bicyclic) bond motifs is 1. The van der Waals surface area contributed by atoms with E-state index in [1.165, 1.54) is 10.5 Å². The Morgan fingerprint density at radius 2 is 2.31 bits per heavy atom. The maximum absolute atomic E-state index is 11.5. The molecular weight excluding hydrogens is 228 g/mol. The predicted molar refractivity (Wildman–Crippen MR) is 62.1 cm³/mol. The fourth-order valence-corrected chi connectivity index (χ4v) is 1.67. The molecule has 2 aromatic heterocycles. The average Bonchev–Trinajstić information content (AvgIpc) is 2.25. The number of ether oxygens (including phenoxy) is 1. The first-order valence-corrected chi connectivity index (χ1v) is 5.25. The Labute approximate surface area is 97.5 Å². The van der Waals surface area contributed by atoms with Crippen LogP contribution in [0, 0.1) is 0 Å². The van der Waals surface area contributed by atoms with E-state index in [1.807, 2.05) is 12.1 Å². The molecule has 0 radical (unpaired) electrons. The van der Waals surface area contributed by atoms with Gasteiger partial charge in [0.25, 0.3) is 5.56 Å². The molecule has 0 aromatic carbocycles. The van der Waals surface area contributed by atoms with Crippen LogP contribution in [0.3, 0.4) is 0 Å². The summed E-state index contributed by atoms with van der Waals surface area (Å²) in [5.41, 5.74) is 1.45. The summed E-state index contributed by atoms with van der Waals surface area (Å²) in [6.07, 6.45) is 2.49. The number of halogens is 1. The van der Waals surface area contributed by atoms with Crippen molar-refractivity contribution in [2.75, 3.05) is 13.7 Å².